The molecule has 8 atom stereocenters. The Kier molecular flexibility index (Phi) is 5.04. The van der Waals surface area contributed by atoms with Crippen LogP contribution in [0.15, 0.2) is 12.7 Å². The van der Waals surface area contributed by atoms with Crippen LogP contribution in [-0.4, -0.2) is 43.8 Å². The number of aliphatic hydroxyl groups is 4. The first-order valence-corrected chi connectivity index (χ1v) is 9.26. The maximum Gasteiger partial charge on any atom is 0.109 e. The molecule has 4 heteroatoms. The summed E-state index contributed by atoms with van der Waals surface area (Å²) in [5.41, 5.74) is -2.80. The average Bonchev–Trinajstić information content (AvgIpc) is 2.51. The van der Waals surface area contributed by atoms with Crippen molar-refractivity contribution in [2.24, 2.45) is 22.7 Å². The molecule has 4 nitrogen and oxygen atoms in total. The number of hydrogen-bond acceptors (Lipinski definition) is 4. The van der Waals surface area contributed by atoms with Crippen molar-refractivity contribution in [2.45, 2.75) is 90.1 Å². The Morgan fingerprint density at radius 3 is 2.38 bits per heavy atom. The lowest BCUT2D eigenvalue weighted by Crippen LogP contribution is -2.68. The summed E-state index contributed by atoms with van der Waals surface area (Å²) >= 11 is 0. The van der Waals surface area contributed by atoms with Gasteiger partial charge < -0.3 is 20.4 Å². The van der Waals surface area contributed by atoms with Gasteiger partial charge in [-0.15, -0.1) is 6.58 Å². The molecule has 0 unspecified atom stereocenters. The molecule has 24 heavy (non-hydrogen) atoms. The van der Waals surface area contributed by atoms with Crippen LogP contribution in [0.1, 0.15) is 66.7 Å². The first-order chi connectivity index (χ1) is 10.8. The lowest BCUT2D eigenvalue weighted by atomic mass is 9.42. The molecule has 2 rings (SSSR count). The highest BCUT2D eigenvalue weighted by Gasteiger charge is 2.64. The summed E-state index contributed by atoms with van der Waals surface area (Å²) in [6.45, 7) is 13.7. The highest BCUT2D eigenvalue weighted by Crippen LogP contribution is 2.64. The molecule has 4 N–H and O–H groups in total. The number of aliphatic hydroxyl groups excluding tert-OH is 2. The molecule has 2 fully saturated rings. The van der Waals surface area contributed by atoms with Crippen LogP contribution in [0.5, 0.6) is 0 Å². The molecule has 140 valence electrons. The molecule has 0 spiro atoms. The Bertz CT molecular complexity index is 486. The molecule has 0 aliphatic heterocycles. The van der Waals surface area contributed by atoms with Crippen LogP contribution >= 0.6 is 0 Å². The summed E-state index contributed by atoms with van der Waals surface area (Å²) in [7, 11) is 0. The minimum atomic E-state index is -1.32. The fourth-order valence-electron chi connectivity index (χ4n) is 5.35. The first kappa shape index (κ1) is 19.9. The summed E-state index contributed by atoms with van der Waals surface area (Å²) in [5, 5.41) is 42.2. The lowest BCUT2D eigenvalue weighted by molar-refractivity contribution is -0.264. The van der Waals surface area contributed by atoms with Crippen LogP contribution in [0.2, 0.25) is 0 Å². The predicted octanol–water partition coefficient (Wildman–Crippen LogP) is 2.64. The molecule has 0 amide bonds. The number of hydrogen-bond donors (Lipinski definition) is 4. The minimum Gasteiger partial charge on any atom is -0.390 e. The van der Waals surface area contributed by atoms with E-state index in [1.54, 1.807) is 19.9 Å². The summed E-state index contributed by atoms with van der Waals surface area (Å²) in [4.78, 5) is 0. The van der Waals surface area contributed by atoms with E-state index in [-0.39, 0.29) is 11.3 Å². The van der Waals surface area contributed by atoms with Crippen LogP contribution < -0.4 is 0 Å². The Labute approximate surface area is 146 Å². The smallest absolute Gasteiger partial charge is 0.109 e. The molecule has 2 aliphatic rings. The fourth-order valence-corrected chi connectivity index (χ4v) is 5.35. The molecular weight excluding hydrogens is 304 g/mol. The topological polar surface area (TPSA) is 80.9 Å². The van der Waals surface area contributed by atoms with Gasteiger partial charge in [-0.3, -0.25) is 0 Å². The largest absolute Gasteiger partial charge is 0.390 e. The van der Waals surface area contributed by atoms with Crippen molar-refractivity contribution in [1.29, 1.82) is 0 Å². The number of rotatable bonds is 4. The van der Waals surface area contributed by atoms with Gasteiger partial charge in [0, 0.05) is 5.41 Å². The van der Waals surface area contributed by atoms with Crippen LogP contribution in [0, 0.1) is 22.7 Å². The number of fused-ring (bicyclic) bond motifs is 1. The van der Waals surface area contributed by atoms with Gasteiger partial charge in [-0.25, -0.2) is 0 Å². The van der Waals surface area contributed by atoms with E-state index in [2.05, 4.69) is 27.4 Å². The van der Waals surface area contributed by atoms with Crippen LogP contribution in [0.4, 0.5) is 0 Å². The Morgan fingerprint density at radius 2 is 1.83 bits per heavy atom. The fraction of sp³-hybridized carbons (Fsp3) is 0.900. The third-order valence-electron chi connectivity index (χ3n) is 7.97. The van der Waals surface area contributed by atoms with Crippen molar-refractivity contribution in [3.8, 4) is 0 Å². The molecule has 0 bridgehead atoms. The highest BCUT2D eigenvalue weighted by atomic mass is 16.4. The van der Waals surface area contributed by atoms with Gasteiger partial charge in [0.2, 0.25) is 0 Å². The maximum absolute atomic E-state index is 11.1. The Morgan fingerprint density at radius 1 is 1.25 bits per heavy atom. The van der Waals surface area contributed by atoms with Crippen molar-refractivity contribution in [1.82, 2.24) is 0 Å². The van der Waals surface area contributed by atoms with Gasteiger partial charge >= 0.3 is 0 Å². The van der Waals surface area contributed by atoms with Crippen molar-refractivity contribution in [2.75, 3.05) is 0 Å². The van der Waals surface area contributed by atoms with Crippen LogP contribution in [0.25, 0.3) is 0 Å². The second-order valence-corrected chi connectivity index (χ2v) is 9.37. The summed E-state index contributed by atoms with van der Waals surface area (Å²) in [6.07, 6.45) is 3.25. The van der Waals surface area contributed by atoms with Crippen molar-refractivity contribution in [3.05, 3.63) is 12.7 Å². The van der Waals surface area contributed by atoms with Gasteiger partial charge in [0.05, 0.1) is 17.3 Å². The van der Waals surface area contributed by atoms with E-state index in [1.807, 2.05) is 0 Å². The van der Waals surface area contributed by atoms with E-state index in [4.69, 9.17) is 0 Å². The van der Waals surface area contributed by atoms with Gasteiger partial charge in [0.1, 0.15) is 6.10 Å². The van der Waals surface area contributed by atoms with E-state index in [0.29, 0.717) is 18.8 Å². The van der Waals surface area contributed by atoms with Crippen LogP contribution in [0.3, 0.4) is 0 Å². The highest BCUT2D eigenvalue weighted by molar-refractivity contribution is 5.14. The SMILES string of the molecule is C=C[C@@](C)(O)CC[C@@]1(C)[C@H](C)CC[C@]2(C)[C@@H]1C[C@@H](O)[C@@H](O)[C@]2(C)O. The Balaban J connectivity index is 2.39. The van der Waals surface area contributed by atoms with Crippen molar-refractivity contribution in [3.63, 3.8) is 0 Å². The third kappa shape index (κ3) is 2.86. The molecule has 0 heterocycles. The van der Waals surface area contributed by atoms with E-state index in [0.717, 1.165) is 19.3 Å². The van der Waals surface area contributed by atoms with Gasteiger partial charge in [0.15, 0.2) is 0 Å². The lowest BCUT2D eigenvalue weighted by Gasteiger charge is -2.64. The molecule has 0 aromatic rings. The maximum atomic E-state index is 11.1. The summed E-state index contributed by atoms with van der Waals surface area (Å²) < 4.78 is 0. The van der Waals surface area contributed by atoms with Gasteiger partial charge in [-0.2, -0.15) is 0 Å². The summed E-state index contributed by atoms with van der Waals surface area (Å²) in [5.74, 6) is 0.511. The molecule has 0 aromatic heterocycles. The minimum absolute atomic E-state index is 0.0859. The van der Waals surface area contributed by atoms with E-state index < -0.39 is 28.8 Å². The first-order valence-electron chi connectivity index (χ1n) is 9.26. The van der Waals surface area contributed by atoms with Gasteiger partial charge in [-0.05, 0) is 63.2 Å². The third-order valence-corrected chi connectivity index (χ3v) is 7.97. The molecular formula is C20H36O4. The average molecular weight is 341 g/mol. The van der Waals surface area contributed by atoms with E-state index in [9.17, 15) is 20.4 Å². The second-order valence-electron chi connectivity index (χ2n) is 9.37. The summed E-state index contributed by atoms with van der Waals surface area (Å²) in [6, 6.07) is 0. The normalized spacial score (nSPS) is 51.5. The quantitative estimate of drug-likeness (QED) is 0.593. The van der Waals surface area contributed by atoms with Crippen molar-refractivity contribution < 1.29 is 20.4 Å². The molecule has 0 aromatic carbocycles. The van der Waals surface area contributed by atoms with Crippen LogP contribution in [-0.2, 0) is 0 Å². The molecule has 0 radical (unpaired) electrons. The van der Waals surface area contributed by atoms with Crippen molar-refractivity contribution >= 4 is 0 Å². The second kappa shape index (κ2) is 6.08. The zero-order valence-corrected chi connectivity index (χ0v) is 15.9. The molecule has 0 saturated heterocycles. The van der Waals surface area contributed by atoms with E-state index >= 15 is 0 Å². The van der Waals surface area contributed by atoms with Gasteiger partial charge in [-0.1, -0.05) is 26.8 Å². The van der Waals surface area contributed by atoms with Gasteiger partial charge in [0.25, 0.3) is 0 Å². The zero-order valence-electron chi connectivity index (χ0n) is 15.9. The monoisotopic (exact) mass is 340 g/mol. The molecule has 2 aliphatic carbocycles. The zero-order chi connectivity index (χ0) is 18.6. The van der Waals surface area contributed by atoms with E-state index in [1.165, 1.54) is 0 Å². The predicted molar refractivity (Wildman–Crippen MR) is 95.4 cm³/mol. The standard InChI is InChI=1S/C20H36O4/c1-7-17(3,23)10-11-18(4)13(2)8-9-19(5)15(18)12-14(21)16(22)20(19,6)24/h7,13-16,21-24H,1,8-12H2,2-6H3/t13-,14-,15-,16-,17-,18+,19-,20+/m1/s1. The Hall–Kier alpha value is -0.420. The molecule has 2 saturated carbocycles.